The zero-order valence-corrected chi connectivity index (χ0v) is 16.4. The van der Waals surface area contributed by atoms with Gasteiger partial charge in [0, 0.05) is 6.08 Å². The highest BCUT2D eigenvalue weighted by molar-refractivity contribution is 6.34. The molecule has 0 aliphatic carbocycles. The molecule has 0 bridgehead atoms. The number of hydrogen-bond acceptors (Lipinski definition) is 5. The Morgan fingerprint density at radius 2 is 1.93 bits per heavy atom. The normalized spacial score (nSPS) is 11.0. The molecule has 0 saturated heterocycles. The van der Waals surface area contributed by atoms with Gasteiger partial charge in [0.05, 0.1) is 34.4 Å². The van der Waals surface area contributed by atoms with Crippen LogP contribution in [-0.2, 0) is 4.79 Å². The molecule has 10 heteroatoms. The van der Waals surface area contributed by atoms with E-state index in [0.717, 1.165) is 29.3 Å². The quantitative estimate of drug-likeness (QED) is 0.376. The van der Waals surface area contributed by atoms with Gasteiger partial charge >= 0.3 is 6.61 Å². The minimum atomic E-state index is -3.18. The predicted octanol–water partition coefficient (Wildman–Crippen LogP) is 5.13. The number of halogens is 3. The van der Waals surface area contributed by atoms with Crippen LogP contribution in [0.2, 0.25) is 5.02 Å². The van der Waals surface area contributed by atoms with Crippen molar-refractivity contribution in [3.63, 3.8) is 0 Å². The first-order valence-corrected chi connectivity index (χ1v) is 8.57. The van der Waals surface area contributed by atoms with Crippen molar-refractivity contribution in [2.45, 2.75) is 20.5 Å². The highest BCUT2D eigenvalue weighted by Gasteiger charge is 2.20. The summed E-state index contributed by atoms with van der Waals surface area (Å²) in [6, 6.07) is 5.46. The zero-order valence-electron chi connectivity index (χ0n) is 15.7. The first kappa shape index (κ1) is 22.1. The number of rotatable bonds is 7. The maximum Gasteiger partial charge on any atom is 0.387 e. The third kappa shape index (κ3) is 5.64. The Kier molecular flexibility index (Phi) is 7.11. The maximum atomic E-state index is 12.5. The molecule has 0 saturated carbocycles. The summed E-state index contributed by atoms with van der Waals surface area (Å²) < 4.78 is 34.2. The lowest BCUT2D eigenvalue weighted by molar-refractivity contribution is -0.385. The van der Waals surface area contributed by atoms with Crippen molar-refractivity contribution in [2.75, 3.05) is 12.4 Å². The van der Waals surface area contributed by atoms with E-state index >= 15 is 0 Å². The second kappa shape index (κ2) is 9.33. The molecule has 0 radical (unpaired) electrons. The lowest BCUT2D eigenvalue weighted by Gasteiger charge is -2.11. The molecule has 1 amide bonds. The minimum absolute atomic E-state index is 0.0321. The molecule has 2 rings (SSSR count). The van der Waals surface area contributed by atoms with E-state index in [9.17, 15) is 23.7 Å². The summed E-state index contributed by atoms with van der Waals surface area (Å²) in [7, 11) is 1.20. The standard InChI is InChI=1S/C19H17ClF2N2O5/c1-10-6-11(2)18(13(20)7-10)23-17(25)5-4-12-8-15(28-3)16(29-19(21)22)9-14(12)24(26)27/h4-9,19H,1-3H3,(H,23,25)/b5-4+. The van der Waals surface area contributed by atoms with Crippen LogP contribution in [0, 0.1) is 24.0 Å². The Bertz CT molecular complexity index is 956. The smallest absolute Gasteiger partial charge is 0.387 e. The minimum Gasteiger partial charge on any atom is -0.493 e. The Balaban J connectivity index is 2.33. The van der Waals surface area contributed by atoms with Crippen LogP contribution < -0.4 is 14.8 Å². The van der Waals surface area contributed by atoms with Gasteiger partial charge < -0.3 is 14.8 Å². The summed E-state index contributed by atoms with van der Waals surface area (Å²) in [5.74, 6) is -1.22. The summed E-state index contributed by atoms with van der Waals surface area (Å²) >= 11 is 6.14. The van der Waals surface area contributed by atoms with E-state index in [1.54, 1.807) is 13.0 Å². The number of hydrogen-bond donors (Lipinski definition) is 1. The van der Waals surface area contributed by atoms with E-state index in [1.807, 2.05) is 13.0 Å². The van der Waals surface area contributed by atoms with Crippen molar-refractivity contribution in [1.82, 2.24) is 0 Å². The van der Waals surface area contributed by atoms with Crippen LogP contribution in [0.5, 0.6) is 11.5 Å². The van der Waals surface area contributed by atoms with E-state index < -0.39 is 28.9 Å². The summed E-state index contributed by atoms with van der Waals surface area (Å²) in [4.78, 5) is 22.7. The lowest BCUT2D eigenvalue weighted by Crippen LogP contribution is -2.10. The van der Waals surface area contributed by atoms with E-state index in [4.69, 9.17) is 16.3 Å². The third-order valence-electron chi connectivity index (χ3n) is 3.82. The Morgan fingerprint density at radius 1 is 1.24 bits per heavy atom. The number of nitro groups is 1. The largest absolute Gasteiger partial charge is 0.493 e. The zero-order chi connectivity index (χ0) is 21.7. The molecule has 0 aliphatic heterocycles. The third-order valence-corrected chi connectivity index (χ3v) is 4.12. The number of benzene rings is 2. The summed E-state index contributed by atoms with van der Waals surface area (Å²) in [5.41, 5.74) is 1.53. The van der Waals surface area contributed by atoms with Gasteiger partial charge in [-0.3, -0.25) is 14.9 Å². The molecule has 0 aromatic heterocycles. The Morgan fingerprint density at radius 3 is 2.48 bits per heavy atom. The first-order chi connectivity index (χ1) is 13.6. The molecule has 0 unspecified atom stereocenters. The van der Waals surface area contributed by atoms with Crippen LogP contribution in [0.25, 0.3) is 6.08 Å². The molecule has 0 aliphatic rings. The number of aryl methyl sites for hydroxylation is 2. The fraction of sp³-hybridized carbons (Fsp3) is 0.211. The highest BCUT2D eigenvalue weighted by atomic mass is 35.5. The molecule has 0 spiro atoms. The predicted molar refractivity (Wildman–Crippen MR) is 105 cm³/mol. The first-order valence-electron chi connectivity index (χ1n) is 8.19. The van der Waals surface area contributed by atoms with Crippen LogP contribution in [0.4, 0.5) is 20.2 Å². The van der Waals surface area contributed by atoms with Gasteiger partial charge in [-0.15, -0.1) is 0 Å². The van der Waals surface area contributed by atoms with E-state index in [-0.39, 0.29) is 11.3 Å². The van der Waals surface area contributed by atoms with E-state index in [2.05, 4.69) is 10.1 Å². The van der Waals surface area contributed by atoms with Crippen molar-refractivity contribution in [2.24, 2.45) is 0 Å². The summed E-state index contributed by atoms with van der Waals surface area (Å²) in [5, 5.41) is 14.2. The molecule has 0 atom stereocenters. The number of carbonyl (C=O) groups excluding carboxylic acids is 1. The number of nitrogens with zero attached hydrogens (tertiary/aromatic N) is 1. The van der Waals surface area contributed by atoms with Crippen LogP contribution in [0.1, 0.15) is 16.7 Å². The summed E-state index contributed by atoms with van der Waals surface area (Å²) in [6.07, 6.45) is 2.23. The molecule has 0 fully saturated rings. The van der Waals surface area contributed by atoms with Gasteiger partial charge in [0.15, 0.2) is 11.5 Å². The number of amides is 1. The van der Waals surface area contributed by atoms with Crippen molar-refractivity contribution in [3.05, 3.63) is 62.2 Å². The Labute approximate surface area is 170 Å². The maximum absolute atomic E-state index is 12.5. The van der Waals surface area contributed by atoms with Crippen LogP contribution in [-0.4, -0.2) is 24.6 Å². The number of carbonyl (C=O) groups is 1. The molecular formula is C19H17ClF2N2O5. The van der Waals surface area contributed by atoms with E-state index in [0.29, 0.717) is 10.7 Å². The van der Waals surface area contributed by atoms with Crippen molar-refractivity contribution < 1.29 is 28.0 Å². The number of ether oxygens (including phenoxy) is 2. The molecule has 29 heavy (non-hydrogen) atoms. The van der Waals surface area contributed by atoms with Gasteiger partial charge in [-0.25, -0.2) is 0 Å². The fourth-order valence-electron chi connectivity index (χ4n) is 2.61. The van der Waals surface area contributed by atoms with Crippen molar-refractivity contribution in [3.8, 4) is 11.5 Å². The van der Waals surface area contributed by atoms with Gasteiger partial charge in [-0.1, -0.05) is 17.7 Å². The summed E-state index contributed by atoms with van der Waals surface area (Å²) in [6.45, 7) is 0.451. The fourth-order valence-corrected chi connectivity index (χ4v) is 2.98. The van der Waals surface area contributed by atoms with Gasteiger partial charge in [0.2, 0.25) is 5.91 Å². The lowest BCUT2D eigenvalue weighted by atomic mass is 10.1. The van der Waals surface area contributed by atoms with Crippen LogP contribution >= 0.6 is 11.6 Å². The molecular weight excluding hydrogens is 410 g/mol. The molecule has 2 aromatic carbocycles. The van der Waals surface area contributed by atoms with Gasteiger partial charge in [-0.2, -0.15) is 8.78 Å². The van der Waals surface area contributed by atoms with Gasteiger partial charge in [0.1, 0.15) is 0 Å². The van der Waals surface area contributed by atoms with E-state index in [1.165, 1.54) is 13.2 Å². The van der Waals surface area contributed by atoms with Crippen LogP contribution in [0.15, 0.2) is 30.3 Å². The molecule has 0 heterocycles. The number of alkyl halides is 2. The highest BCUT2D eigenvalue weighted by Crippen LogP contribution is 2.36. The number of nitrogens with one attached hydrogen (secondary N) is 1. The second-order valence-corrected chi connectivity index (χ2v) is 6.37. The Hall–Kier alpha value is -3.20. The topological polar surface area (TPSA) is 90.7 Å². The molecule has 7 nitrogen and oxygen atoms in total. The molecule has 154 valence electrons. The number of anilines is 1. The average molecular weight is 427 g/mol. The molecule has 2 aromatic rings. The van der Waals surface area contributed by atoms with Crippen molar-refractivity contribution in [1.29, 1.82) is 0 Å². The van der Waals surface area contributed by atoms with Crippen LogP contribution in [0.3, 0.4) is 0 Å². The monoisotopic (exact) mass is 426 g/mol. The average Bonchev–Trinajstić information content (AvgIpc) is 2.62. The second-order valence-electron chi connectivity index (χ2n) is 5.96. The number of methoxy groups -OCH3 is 1. The van der Waals surface area contributed by atoms with Gasteiger partial charge in [-0.05, 0) is 43.2 Å². The van der Waals surface area contributed by atoms with Gasteiger partial charge in [0.25, 0.3) is 5.69 Å². The number of nitro benzene ring substituents is 1. The SMILES string of the molecule is COc1cc(/C=C/C(=O)Nc2c(C)cc(C)cc2Cl)c([N+](=O)[O-])cc1OC(F)F. The molecule has 1 N–H and O–H groups in total. The van der Waals surface area contributed by atoms with Crippen molar-refractivity contribution >= 4 is 35.0 Å².